The van der Waals surface area contributed by atoms with Gasteiger partial charge < -0.3 is 5.32 Å². The molecule has 1 amide bonds. The fourth-order valence-corrected chi connectivity index (χ4v) is 2.77. The normalized spacial score (nSPS) is 11.1. The first-order valence-electron chi connectivity index (χ1n) is 5.94. The van der Waals surface area contributed by atoms with Crippen molar-refractivity contribution in [2.75, 3.05) is 11.6 Å². The summed E-state index contributed by atoms with van der Waals surface area (Å²) in [6, 6.07) is 9.83. The maximum absolute atomic E-state index is 11.9. The Morgan fingerprint density at radius 1 is 1.15 bits per heavy atom. The summed E-state index contributed by atoms with van der Waals surface area (Å²) in [7, 11) is -3.34. The Morgan fingerprint density at radius 2 is 1.80 bits per heavy atom. The average molecular weight is 290 g/mol. The van der Waals surface area contributed by atoms with Crippen molar-refractivity contribution < 1.29 is 13.2 Å². The molecule has 5 nitrogen and oxygen atoms in total. The summed E-state index contributed by atoms with van der Waals surface area (Å²) in [5, 5.41) is 2.70. The lowest BCUT2D eigenvalue weighted by Gasteiger charge is -2.08. The fraction of sp³-hybridized carbons (Fsp3) is 0.143. The Balaban J connectivity index is 2.17. The second-order valence-corrected chi connectivity index (χ2v) is 6.32. The summed E-state index contributed by atoms with van der Waals surface area (Å²) in [5.74, 6) is -0.271. The Kier molecular flexibility index (Phi) is 4.14. The van der Waals surface area contributed by atoms with E-state index < -0.39 is 9.84 Å². The van der Waals surface area contributed by atoms with E-state index in [4.69, 9.17) is 0 Å². The van der Waals surface area contributed by atoms with Gasteiger partial charge in [-0.2, -0.15) is 0 Å². The van der Waals surface area contributed by atoms with Gasteiger partial charge in [-0.3, -0.25) is 9.78 Å². The number of rotatable bonds is 4. The molecule has 0 aliphatic rings. The van der Waals surface area contributed by atoms with Crippen LogP contribution in [0.2, 0.25) is 0 Å². The van der Waals surface area contributed by atoms with Crippen LogP contribution in [-0.4, -0.2) is 25.6 Å². The van der Waals surface area contributed by atoms with Gasteiger partial charge in [0.05, 0.1) is 11.3 Å². The molecule has 1 aromatic carbocycles. The number of benzene rings is 1. The number of anilines is 1. The van der Waals surface area contributed by atoms with E-state index >= 15 is 0 Å². The predicted octanol–water partition coefficient (Wildman–Crippen LogP) is 1.67. The Hall–Kier alpha value is -2.21. The van der Waals surface area contributed by atoms with Crippen LogP contribution in [0.3, 0.4) is 0 Å². The highest BCUT2D eigenvalue weighted by molar-refractivity contribution is 7.90. The topological polar surface area (TPSA) is 76.1 Å². The second kappa shape index (κ2) is 5.83. The number of pyridine rings is 1. The van der Waals surface area contributed by atoms with Crippen LogP contribution in [0.1, 0.15) is 5.56 Å². The minimum atomic E-state index is -3.34. The van der Waals surface area contributed by atoms with Crippen molar-refractivity contribution in [1.29, 1.82) is 0 Å². The molecular weight excluding hydrogens is 276 g/mol. The monoisotopic (exact) mass is 290 g/mol. The molecule has 1 N–H and O–H groups in total. The van der Waals surface area contributed by atoms with E-state index in [0.29, 0.717) is 11.3 Å². The van der Waals surface area contributed by atoms with E-state index in [9.17, 15) is 13.2 Å². The number of carbonyl (C=O) groups excluding carboxylic acids is 1. The Bertz CT molecular complexity index is 712. The lowest BCUT2D eigenvalue weighted by Crippen LogP contribution is -2.16. The molecule has 0 bridgehead atoms. The smallest absolute Gasteiger partial charge is 0.228 e. The van der Waals surface area contributed by atoms with Crippen LogP contribution in [0.25, 0.3) is 0 Å². The maximum atomic E-state index is 11.9. The van der Waals surface area contributed by atoms with Crippen LogP contribution in [0.15, 0.2) is 53.7 Å². The number of amides is 1. The zero-order valence-corrected chi connectivity index (χ0v) is 11.7. The van der Waals surface area contributed by atoms with Gasteiger partial charge in [-0.1, -0.05) is 18.2 Å². The van der Waals surface area contributed by atoms with Crippen molar-refractivity contribution in [3.8, 4) is 0 Å². The molecule has 0 unspecified atom stereocenters. The summed E-state index contributed by atoms with van der Waals surface area (Å²) >= 11 is 0. The number of nitrogens with zero attached hydrogens (tertiary/aromatic N) is 1. The van der Waals surface area contributed by atoms with Gasteiger partial charge in [0.15, 0.2) is 9.84 Å². The molecule has 6 heteroatoms. The second-order valence-electron chi connectivity index (χ2n) is 4.34. The number of nitrogens with one attached hydrogen (secondary N) is 1. The predicted molar refractivity (Wildman–Crippen MR) is 76.1 cm³/mol. The number of sulfone groups is 1. The van der Waals surface area contributed by atoms with Crippen molar-refractivity contribution >= 4 is 21.4 Å². The third kappa shape index (κ3) is 3.64. The molecule has 2 rings (SSSR count). The van der Waals surface area contributed by atoms with Crippen molar-refractivity contribution in [1.82, 2.24) is 4.98 Å². The summed E-state index contributed by atoms with van der Waals surface area (Å²) in [6.07, 6.45) is 4.28. The zero-order chi connectivity index (χ0) is 14.6. The molecule has 1 heterocycles. The Morgan fingerprint density at radius 3 is 2.45 bits per heavy atom. The van der Waals surface area contributed by atoms with Crippen LogP contribution in [0, 0.1) is 0 Å². The Labute approximate surface area is 117 Å². The van der Waals surface area contributed by atoms with Crippen molar-refractivity contribution in [3.05, 3.63) is 54.4 Å². The third-order valence-corrected chi connectivity index (χ3v) is 3.88. The number of hydrogen-bond acceptors (Lipinski definition) is 4. The van der Waals surface area contributed by atoms with Gasteiger partial charge in [0.1, 0.15) is 0 Å². The highest BCUT2D eigenvalue weighted by Gasteiger charge is 2.14. The maximum Gasteiger partial charge on any atom is 0.228 e. The molecular formula is C14H14N2O3S. The molecule has 2 aromatic rings. The molecule has 0 spiro atoms. The lowest BCUT2D eigenvalue weighted by molar-refractivity contribution is -0.115. The third-order valence-electron chi connectivity index (χ3n) is 2.69. The molecule has 104 valence electrons. The summed E-state index contributed by atoms with van der Waals surface area (Å²) in [5.41, 5.74) is 1.11. The number of hydrogen-bond donors (Lipinski definition) is 1. The van der Waals surface area contributed by atoms with Gasteiger partial charge in [-0.15, -0.1) is 0 Å². The summed E-state index contributed by atoms with van der Waals surface area (Å²) in [6.45, 7) is 0. The largest absolute Gasteiger partial charge is 0.326 e. The quantitative estimate of drug-likeness (QED) is 0.929. The number of carbonyl (C=O) groups is 1. The fourth-order valence-electron chi connectivity index (χ4n) is 1.83. The molecule has 0 atom stereocenters. The van der Waals surface area contributed by atoms with Gasteiger partial charge >= 0.3 is 0 Å². The standard InChI is InChI=1S/C14H14N2O3S/c1-20(18,19)13-5-3-2-4-11(13)10-14(17)16-12-6-8-15-9-7-12/h2-9H,10H2,1H3,(H,15,16,17). The summed E-state index contributed by atoms with van der Waals surface area (Å²) < 4.78 is 23.3. The van der Waals surface area contributed by atoms with Crippen LogP contribution in [0.5, 0.6) is 0 Å². The first-order chi connectivity index (χ1) is 9.47. The lowest BCUT2D eigenvalue weighted by atomic mass is 10.1. The molecule has 0 radical (unpaired) electrons. The van der Waals surface area contributed by atoms with Gasteiger partial charge in [0, 0.05) is 24.3 Å². The van der Waals surface area contributed by atoms with E-state index in [-0.39, 0.29) is 17.2 Å². The average Bonchev–Trinajstić information content (AvgIpc) is 2.39. The van der Waals surface area contributed by atoms with Gasteiger partial charge in [0.2, 0.25) is 5.91 Å². The molecule has 20 heavy (non-hydrogen) atoms. The highest BCUT2D eigenvalue weighted by Crippen LogP contribution is 2.16. The van der Waals surface area contributed by atoms with E-state index in [0.717, 1.165) is 6.26 Å². The van der Waals surface area contributed by atoms with Crippen molar-refractivity contribution in [2.45, 2.75) is 11.3 Å². The van der Waals surface area contributed by atoms with Crippen LogP contribution in [0.4, 0.5) is 5.69 Å². The first kappa shape index (κ1) is 14.2. The van der Waals surface area contributed by atoms with Gasteiger partial charge in [-0.05, 0) is 23.8 Å². The molecule has 0 saturated heterocycles. The van der Waals surface area contributed by atoms with E-state index in [1.54, 1.807) is 42.7 Å². The van der Waals surface area contributed by atoms with E-state index in [1.165, 1.54) is 6.07 Å². The van der Waals surface area contributed by atoms with E-state index in [1.807, 2.05) is 0 Å². The summed E-state index contributed by atoms with van der Waals surface area (Å²) in [4.78, 5) is 16.0. The van der Waals surface area contributed by atoms with Crippen molar-refractivity contribution in [3.63, 3.8) is 0 Å². The van der Waals surface area contributed by atoms with Crippen LogP contribution >= 0.6 is 0 Å². The molecule has 0 aliphatic carbocycles. The first-order valence-corrected chi connectivity index (χ1v) is 7.84. The van der Waals surface area contributed by atoms with Crippen molar-refractivity contribution in [2.24, 2.45) is 0 Å². The molecule has 0 aliphatic heterocycles. The number of aromatic nitrogens is 1. The van der Waals surface area contributed by atoms with Gasteiger partial charge in [-0.25, -0.2) is 8.42 Å². The minimum absolute atomic E-state index is 0.00552. The molecule has 0 fully saturated rings. The van der Waals surface area contributed by atoms with Gasteiger partial charge in [0.25, 0.3) is 0 Å². The SMILES string of the molecule is CS(=O)(=O)c1ccccc1CC(=O)Nc1ccncc1. The molecule has 1 aromatic heterocycles. The van der Waals surface area contributed by atoms with Crippen LogP contribution < -0.4 is 5.32 Å². The molecule has 0 saturated carbocycles. The highest BCUT2D eigenvalue weighted by atomic mass is 32.2. The van der Waals surface area contributed by atoms with Crippen LogP contribution in [-0.2, 0) is 21.1 Å². The zero-order valence-electron chi connectivity index (χ0n) is 10.9. The minimum Gasteiger partial charge on any atom is -0.326 e. The van der Waals surface area contributed by atoms with E-state index in [2.05, 4.69) is 10.3 Å².